The molecule has 3 aliphatic heterocycles. The Morgan fingerprint density at radius 3 is 2.74 bits per heavy atom. The number of anilines is 2. The summed E-state index contributed by atoms with van der Waals surface area (Å²) in [5.41, 5.74) is 2.44. The van der Waals surface area contributed by atoms with Gasteiger partial charge in [-0.05, 0) is 44.6 Å². The molecule has 2 bridgehead atoms. The van der Waals surface area contributed by atoms with Gasteiger partial charge in [0.05, 0.1) is 31.0 Å². The van der Waals surface area contributed by atoms with Gasteiger partial charge in [0.2, 0.25) is 12.7 Å². The van der Waals surface area contributed by atoms with Crippen LogP contribution in [0.3, 0.4) is 0 Å². The fourth-order valence-electron chi connectivity index (χ4n) is 5.46. The van der Waals surface area contributed by atoms with Crippen LogP contribution in [0.1, 0.15) is 18.4 Å². The third-order valence-electron chi connectivity index (χ3n) is 7.80. The smallest absolute Gasteiger partial charge is 0.234 e. The van der Waals surface area contributed by atoms with Crippen LogP contribution in [0.25, 0.3) is 10.9 Å². The predicted octanol–water partition coefficient (Wildman–Crippen LogP) is 2.45. The zero-order valence-corrected chi connectivity index (χ0v) is 24.4. The number of carbonyl (C=O) groups excluding carboxylic acids is 1. The number of likely N-dealkylation sites (N-methyl/N-ethyl adjacent to an activating group) is 2. The van der Waals surface area contributed by atoms with Crippen molar-refractivity contribution in [2.24, 2.45) is 0 Å². The van der Waals surface area contributed by atoms with Gasteiger partial charge in [0.1, 0.15) is 12.1 Å². The first-order valence-electron chi connectivity index (χ1n) is 14.6. The van der Waals surface area contributed by atoms with Gasteiger partial charge in [-0.2, -0.15) is 0 Å². The molecule has 3 aromatic rings. The maximum Gasteiger partial charge on any atom is 0.234 e. The summed E-state index contributed by atoms with van der Waals surface area (Å²) in [7, 11) is 4.08. The lowest BCUT2D eigenvalue weighted by atomic mass is 10.1. The van der Waals surface area contributed by atoms with Crippen LogP contribution in [-0.4, -0.2) is 110 Å². The Kier molecular flexibility index (Phi) is 8.73. The maximum absolute atomic E-state index is 12.6. The lowest BCUT2D eigenvalue weighted by Crippen LogP contribution is -2.44. The van der Waals surface area contributed by atoms with Crippen molar-refractivity contribution in [3.05, 3.63) is 36.2 Å². The van der Waals surface area contributed by atoms with Crippen molar-refractivity contribution in [3.8, 4) is 23.0 Å². The van der Waals surface area contributed by atoms with Crippen LogP contribution >= 0.6 is 0 Å². The zero-order chi connectivity index (χ0) is 28.9. The minimum Gasteiger partial charge on any atom is -0.490 e. The molecule has 4 heterocycles. The van der Waals surface area contributed by atoms with Gasteiger partial charge >= 0.3 is 0 Å². The second kappa shape index (κ2) is 13.0. The molecule has 42 heavy (non-hydrogen) atoms. The second-order valence-electron chi connectivity index (χ2n) is 11.1. The number of fused-ring (bicyclic) bond motifs is 4. The Bertz CT molecular complexity index is 1410. The van der Waals surface area contributed by atoms with Crippen molar-refractivity contribution < 1.29 is 23.7 Å². The highest BCUT2D eigenvalue weighted by molar-refractivity contribution is 5.94. The average Bonchev–Trinajstić information content (AvgIpc) is 3.46. The number of amides is 1. The fraction of sp³-hybridized carbons (Fsp3) is 0.500. The lowest BCUT2D eigenvalue weighted by molar-refractivity contribution is -0.122. The summed E-state index contributed by atoms with van der Waals surface area (Å²) in [6.45, 7) is 7.82. The van der Waals surface area contributed by atoms with Crippen LogP contribution in [0, 0.1) is 0 Å². The zero-order valence-electron chi connectivity index (χ0n) is 24.4. The molecule has 1 aromatic heterocycles. The number of rotatable bonds is 5. The van der Waals surface area contributed by atoms with Gasteiger partial charge in [0.15, 0.2) is 23.0 Å². The maximum atomic E-state index is 12.6. The SMILES string of the molecule is CN1CCN(CCCOc2cc3ncnc4c3cc2OCCCNC(=O)CN(C)Cc2ccc3c(c2N4)OCO3)CC1. The summed E-state index contributed by atoms with van der Waals surface area (Å²) in [5, 5.41) is 7.29. The number of nitrogens with zero attached hydrogens (tertiary/aromatic N) is 5. The summed E-state index contributed by atoms with van der Waals surface area (Å²) in [6.07, 6.45) is 3.12. The van der Waals surface area contributed by atoms with Crippen LogP contribution in [0.5, 0.6) is 23.0 Å². The van der Waals surface area contributed by atoms with Gasteiger partial charge in [0, 0.05) is 57.3 Å². The second-order valence-corrected chi connectivity index (χ2v) is 11.1. The summed E-state index contributed by atoms with van der Waals surface area (Å²) in [5.74, 6) is 3.13. The van der Waals surface area contributed by atoms with Crippen LogP contribution in [0.4, 0.5) is 11.5 Å². The van der Waals surface area contributed by atoms with E-state index in [0.29, 0.717) is 61.5 Å². The molecule has 0 unspecified atom stereocenters. The van der Waals surface area contributed by atoms with Gasteiger partial charge in [-0.1, -0.05) is 6.07 Å². The Labute approximate surface area is 245 Å². The Balaban J connectivity index is 1.29. The van der Waals surface area contributed by atoms with Crippen molar-refractivity contribution in [2.75, 3.05) is 85.2 Å². The molecule has 1 amide bonds. The van der Waals surface area contributed by atoms with Crippen LogP contribution in [0.15, 0.2) is 30.6 Å². The van der Waals surface area contributed by atoms with Gasteiger partial charge < -0.3 is 39.4 Å². The minimum atomic E-state index is -0.0382. The van der Waals surface area contributed by atoms with E-state index in [1.165, 1.54) is 6.33 Å². The topological polar surface area (TPSA) is 114 Å². The van der Waals surface area contributed by atoms with Crippen molar-refractivity contribution in [1.29, 1.82) is 0 Å². The first kappa shape index (κ1) is 28.3. The van der Waals surface area contributed by atoms with Crippen molar-refractivity contribution in [3.63, 3.8) is 0 Å². The number of piperazine rings is 1. The van der Waals surface area contributed by atoms with Gasteiger partial charge in [-0.25, -0.2) is 9.97 Å². The summed E-state index contributed by atoms with van der Waals surface area (Å²) in [4.78, 5) is 28.5. The third-order valence-corrected chi connectivity index (χ3v) is 7.80. The summed E-state index contributed by atoms with van der Waals surface area (Å²) < 4.78 is 24.0. The Morgan fingerprint density at radius 1 is 0.976 bits per heavy atom. The number of aromatic nitrogens is 2. The number of hydrogen-bond acceptors (Lipinski definition) is 11. The van der Waals surface area contributed by atoms with Crippen LogP contribution < -0.4 is 29.6 Å². The quantitative estimate of drug-likeness (QED) is 0.436. The minimum absolute atomic E-state index is 0.0382. The summed E-state index contributed by atoms with van der Waals surface area (Å²) in [6, 6.07) is 7.73. The molecule has 2 aromatic carbocycles. The first-order valence-corrected chi connectivity index (χ1v) is 14.6. The molecule has 2 N–H and O–H groups in total. The molecule has 12 heteroatoms. The Morgan fingerprint density at radius 2 is 1.86 bits per heavy atom. The molecule has 12 nitrogen and oxygen atoms in total. The highest BCUT2D eigenvalue weighted by atomic mass is 16.7. The van der Waals surface area contributed by atoms with E-state index in [1.807, 2.05) is 36.2 Å². The normalized spacial score (nSPS) is 18.8. The van der Waals surface area contributed by atoms with E-state index in [1.54, 1.807) is 0 Å². The molecule has 0 saturated carbocycles. The van der Waals surface area contributed by atoms with Crippen LogP contribution in [-0.2, 0) is 11.3 Å². The average molecular weight is 578 g/mol. The number of hydrogen-bond donors (Lipinski definition) is 2. The molecule has 6 rings (SSSR count). The van der Waals surface area contributed by atoms with E-state index >= 15 is 0 Å². The molecule has 0 aliphatic carbocycles. The predicted molar refractivity (Wildman–Crippen MR) is 159 cm³/mol. The van der Waals surface area contributed by atoms with Gasteiger partial charge in [-0.15, -0.1) is 0 Å². The lowest BCUT2D eigenvalue weighted by Gasteiger charge is -2.32. The first-order chi connectivity index (χ1) is 20.5. The van der Waals surface area contributed by atoms with E-state index in [2.05, 4.69) is 37.4 Å². The van der Waals surface area contributed by atoms with E-state index in [4.69, 9.17) is 18.9 Å². The highest BCUT2D eigenvalue weighted by Gasteiger charge is 2.24. The molecule has 224 valence electrons. The number of ether oxygens (including phenoxy) is 4. The monoisotopic (exact) mass is 577 g/mol. The fourth-order valence-corrected chi connectivity index (χ4v) is 5.46. The molecule has 1 saturated heterocycles. The molecule has 0 spiro atoms. The van der Waals surface area contributed by atoms with E-state index in [-0.39, 0.29) is 19.2 Å². The molecule has 0 radical (unpaired) electrons. The van der Waals surface area contributed by atoms with Crippen LogP contribution in [0.2, 0.25) is 0 Å². The number of benzene rings is 2. The van der Waals surface area contributed by atoms with E-state index in [9.17, 15) is 4.79 Å². The number of nitrogens with one attached hydrogen (secondary N) is 2. The van der Waals surface area contributed by atoms with Crippen molar-refractivity contribution in [2.45, 2.75) is 19.4 Å². The Hall–Kier alpha value is -3.87. The molecular formula is C30H39N7O5. The molecule has 3 aliphatic rings. The molecular weight excluding hydrogens is 538 g/mol. The third kappa shape index (κ3) is 6.61. The standard InChI is InChI=1S/C30H39N7O5/c1-35-9-11-37(12-10-35)8-4-14-40-26-16-23-22-15-25(26)39-13-3-7-31-27(38)18-36(2)17-21-5-6-24-29(42-20-41-24)28(21)34-30(22)33-19-32-23/h5-6,15-16,19H,3-4,7-14,17-18,20H2,1-2H3,(H,31,38)(H,32,33,34). The van der Waals surface area contributed by atoms with Gasteiger partial charge in [-0.3, -0.25) is 9.69 Å². The number of carbonyl (C=O) groups is 1. The summed E-state index contributed by atoms with van der Waals surface area (Å²) >= 11 is 0. The van der Waals surface area contributed by atoms with Crippen molar-refractivity contribution >= 4 is 28.3 Å². The highest BCUT2D eigenvalue weighted by Crippen LogP contribution is 2.44. The van der Waals surface area contributed by atoms with E-state index < -0.39 is 0 Å². The van der Waals surface area contributed by atoms with Crippen molar-refractivity contribution in [1.82, 2.24) is 30.0 Å². The molecule has 1 fully saturated rings. The largest absolute Gasteiger partial charge is 0.490 e. The van der Waals surface area contributed by atoms with Gasteiger partial charge in [0.25, 0.3) is 0 Å². The van der Waals surface area contributed by atoms with E-state index in [0.717, 1.165) is 61.3 Å². The molecule has 0 atom stereocenters.